The number of hydrogen-bond acceptors (Lipinski definition) is 2. The zero-order valence-corrected chi connectivity index (χ0v) is 8.97. The van der Waals surface area contributed by atoms with E-state index in [9.17, 15) is 0 Å². The third-order valence-corrected chi connectivity index (χ3v) is 2.28. The second-order valence-corrected chi connectivity index (χ2v) is 3.46. The first kappa shape index (κ1) is 12.4. The summed E-state index contributed by atoms with van der Waals surface area (Å²) < 4.78 is 0. The summed E-state index contributed by atoms with van der Waals surface area (Å²) in [4.78, 5) is 0. The molecule has 0 radical (unpaired) electrons. The van der Waals surface area contributed by atoms with E-state index in [4.69, 9.17) is 5.26 Å². The minimum absolute atomic E-state index is 0.687. The van der Waals surface area contributed by atoms with Crippen molar-refractivity contribution in [1.82, 2.24) is 5.32 Å². The van der Waals surface area contributed by atoms with Gasteiger partial charge in [-0.15, -0.1) is 0 Å². The zero-order chi connectivity index (χ0) is 9.94. The number of rotatable bonds is 8. The highest BCUT2D eigenvalue weighted by atomic mass is 14.9. The summed E-state index contributed by atoms with van der Waals surface area (Å²) in [5.74, 6) is 0. The van der Waals surface area contributed by atoms with E-state index in [1.807, 2.05) is 0 Å². The fraction of sp³-hybridized carbons (Fsp3) is 0.909. The molecule has 0 aliphatic rings. The molecule has 0 spiro atoms. The largest absolute Gasteiger partial charge is 0.314 e. The van der Waals surface area contributed by atoms with Gasteiger partial charge in [0.1, 0.15) is 0 Å². The van der Waals surface area contributed by atoms with Gasteiger partial charge in [-0.2, -0.15) is 5.26 Å². The van der Waals surface area contributed by atoms with Crippen LogP contribution in [0.4, 0.5) is 0 Å². The van der Waals surface area contributed by atoms with Crippen LogP contribution in [-0.4, -0.2) is 12.6 Å². The summed E-state index contributed by atoms with van der Waals surface area (Å²) in [7, 11) is 0. The number of unbranched alkanes of at least 4 members (excludes halogenated alkanes) is 2. The summed E-state index contributed by atoms with van der Waals surface area (Å²) in [6.45, 7) is 5.52. The smallest absolute Gasteiger partial charge is 0.0621 e. The van der Waals surface area contributed by atoms with Crippen molar-refractivity contribution in [1.29, 1.82) is 5.26 Å². The maximum Gasteiger partial charge on any atom is 0.0621 e. The lowest BCUT2D eigenvalue weighted by atomic mass is 10.1. The molecule has 0 fully saturated rings. The van der Waals surface area contributed by atoms with E-state index in [0.717, 1.165) is 19.4 Å². The molecule has 0 saturated heterocycles. The molecule has 1 unspecified atom stereocenters. The molecule has 0 aromatic carbocycles. The molecule has 0 aliphatic heterocycles. The Labute approximate surface area is 82.3 Å². The average molecular weight is 182 g/mol. The molecule has 0 aromatic rings. The van der Waals surface area contributed by atoms with Crippen molar-refractivity contribution in [2.24, 2.45) is 0 Å². The number of nitriles is 1. The first-order valence-corrected chi connectivity index (χ1v) is 5.45. The second-order valence-electron chi connectivity index (χ2n) is 3.46. The molecule has 13 heavy (non-hydrogen) atoms. The quantitative estimate of drug-likeness (QED) is 0.586. The first-order chi connectivity index (χ1) is 6.35. The SMILES string of the molecule is CCCC(CC)NCCCCC#N. The first-order valence-electron chi connectivity index (χ1n) is 5.45. The van der Waals surface area contributed by atoms with Gasteiger partial charge in [0.25, 0.3) is 0 Å². The molecule has 0 aliphatic carbocycles. The van der Waals surface area contributed by atoms with Crippen molar-refractivity contribution in [3.05, 3.63) is 0 Å². The lowest BCUT2D eigenvalue weighted by Gasteiger charge is -2.15. The van der Waals surface area contributed by atoms with Gasteiger partial charge >= 0.3 is 0 Å². The Bertz CT molecular complexity index is 138. The summed E-state index contributed by atoms with van der Waals surface area (Å²) in [6.07, 6.45) is 6.61. The van der Waals surface area contributed by atoms with Gasteiger partial charge in [-0.05, 0) is 32.2 Å². The summed E-state index contributed by atoms with van der Waals surface area (Å²) in [6, 6.07) is 2.85. The molecule has 2 heteroatoms. The van der Waals surface area contributed by atoms with E-state index < -0.39 is 0 Å². The highest BCUT2D eigenvalue weighted by Crippen LogP contribution is 2.01. The predicted octanol–water partition coefficient (Wildman–Crippen LogP) is 2.85. The summed E-state index contributed by atoms with van der Waals surface area (Å²) in [5.41, 5.74) is 0. The normalized spacial score (nSPS) is 12.4. The van der Waals surface area contributed by atoms with E-state index in [-0.39, 0.29) is 0 Å². The van der Waals surface area contributed by atoms with Gasteiger partial charge in [0.05, 0.1) is 6.07 Å². The molecular formula is C11H22N2. The Balaban J connectivity index is 3.23. The number of hydrogen-bond donors (Lipinski definition) is 1. The van der Waals surface area contributed by atoms with Gasteiger partial charge in [0.2, 0.25) is 0 Å². The monoisotopic (exact) mass is 182 g/mol. The number of nitrogens with zero attached hydrogens (tertiary/aromatic N) is 1. The average Bonchev–Trinajstić information content (AvgIpc) is 2.16. The van der Waals surface area contributed by atoms with Crippen molar-refractivity contribution >= 4 is 0 Å². The van der Waals surface area contributed by atoms with Crippen LogP contribution in [-0.2, 0) is 0 Å². The van der Waals surface area contributed by atoms with Crippen molar-refractivity contribution in [3.8, 4) is 6.07 Å². The summed E-state index contributed by atoms with van der Waals surface area (Å²) >= 11 is 0. The Hall–Kier alpha value is -0.550. The van der Waals surface area contributed by atoms with Crippen LogP contribution in [0, 0.1) is 11.3 Å². The molecule has 0 heterocycles. The zero-order valence-electron chi connectivity index (χ0n) is 8.97. The lowest BCUT2D eigenvalue weighted by molar-refractivity contribution is 0.456. The van der Waals surface area contributed by atoms with Crippen LogP contribution >= 0.6 is 0 Å². The maximum absolute atomic E-state index is 8.33. The van der Waals surface area contributed by atoms with Crippen molar-refractivity contribution < 1.29 is 0 Å². The standard InChI is InChI=1S/C11H22N2/c1-3-8-11(4-2)13-10-7-5-6-9-12/h11,13H,3-8,10H2,1-2H3. The lowest BCUT2D eigenvalue weighted by Crippen LogP contribution is -2.29. The molecular weight excluding hydrogens is 160 g/mol. The molecule has 0 amide bonds. The highest BCUT2D eigenvalue weighted by Gasteiger charge is 2.02. The predicted molar refractivity (Wildman–Crippen MR) is 56.5 cm³/mol. The number of nitrogens with one attached hydrogen (secondary N) is 1. The van der Waals surface area contributed by atoms with Crippen molar-refractivity contribution in [3.63, 3.8) is 0 Å². The third-order valence-electron chi connectivity index (χ3n) is 2.28. The fourth-order valence-electron chi connectivity index (χ4n) is 1.43. The van der Waals surface area contributed by atoms with Gasteiger partial charge in [0, 0.05) is 12.5 Å². The van der Waals surface area contributed by atoms with Gasteiger partial charge < -0.3 is 5.32 Å². The van der Waals surface area contributed by atoms with Gasteiger partial charge in [0.15, 0.2) is 0 Å². The Kier molecular flexibility index (Phi) is 9.13. The Morgan fingerprint density at radius 3 is 2.62 bits per heavy atom. The Morgan fingerprint density at radius 1 is 1.31 bits per heavy atom. The second kappa shape index (κ2) is 9.54. The minimum Gasteiger partial charge on any atom is -0.314 e. The summed E-state index contributed by atoms with van der Waals surface area (Å²) in [5, 5.41) is 11.9. The van der Waals surface area contributed by atoms with Gasteiger partial charge in [-0.3, -0.25) is 0 Å². The molecule has 0 saturated carbocycles. The van der Waals surface area contributed by atoms with Gasteiger partial charge in [-0.25, -0.2) is 0 Å². The van der Waals surface area contributed by atoms with Crippen LogP contribution in [0.15, 0.2) is 0 Å². The maximum atomic E-state index is 8.33. The van der Waals surface area contributed by atoms with Crippen LogP contribution < -0.4 is 5.32 Å². The molecule has 0 bridgehead atoms. The van der Waals surface area contributed by atoms with Crippen molar-refractivity contribution in [2.45, 2.75) is 58.4 Å². The fourth-order valence-corrected chi connectivity index (χ4v) is 1.43. The molecule has 76 valence electrons. The molecule has 1 atom stereocenters. The minimum atomic E-state index is 0.687. The molecule has 0 rings (SSSR count). The van der Waals surface area contributed by atoms with E-state index in [0.29, 0.717) is 12.5 Å². The molecule has 2 nitrogen and oxygen atoms in total. The van der Waals surface area contributed by atoms with Crippen LogP contribution in [0.3, 0.4) is 0 Å². The van der Waals surface area contributed by atoms with Crippen molar-refractivity contribution in [2.75, 3.05) is 6.54 Å². The van der Waals surface area contributed by atoms with Crippen LogP contribution in [0.2, 0.25) is 0 Å². The van der Waals surface area contributed by atoms with E-state index in [1.54, 1.807) is 0 Å². The van der Waals surface area contributed by atoms with Crippen LogP contribution in [0.1, 0.15) is 52.4 Å². The Morgan fingerprint density at radius 2 is 2.08 bits per heavy atom. The third kappa shape index (κ3) is 7.80. The van der Waals surface area contributed by atoms with E-state index in [2.05, 4.69) is 25.2 Å². The van der Waals surface area contributed by atoms with Crippen LogP contribution in [0.25, 0.3) is 0 Å². The highest BCUT2D eigenvalue weighted by molar-refractivity contribution is 4.69. The molecule has 1 N–H and O–H groups in total. The van der Waals surface area contributed by atoms with Gasteiger partial charge in [-0.1, -0.05) is 20.3 Å². The van der Waals surface area contributed by atoms with Crippen LogP contribution in [0.5, 0.6) is 0 Å². The van der Waals surface area contributed by atoms with E-state index >= 15 is 0 Å². The van der Waals surface area contributed by atoms with E-state index in [1.165, 1.54) is 19.3 Å². The topological polar surface area (TPSA) is 35.8 Å². The molecule has 0 aromatic heterocycles.